The van der Waals surface area contributed by atoms with Crippen molar-refractivity contribution in [3.05, 3.63) is 172 Å². The van der Waals surface area contributed by atoms with E-state index >= 15 is 0 Å². The van der Waals surface area contributed by atoms with Gasteiger partial charge in [-0.25, -0.2) is 9.97 Å². The van der Waals surface area contributed by atoms with Crippen LogP contribution < -0.4 is 0 Å². The molecular weight excluding hydrogens is 705 g/mol. The summed E-state index contributed by atoms with van der Waals surface area (Å²) in [4.78, 5) is 29.9. The minimum absolute atomic E-state index is 0.0303. The summed E-state index contributed by atoms with van der Waals surface area (Å²) in [5.74, 6) is 1.64. The fourth-order valence-electron chi connectivity index (χ4n) is 7.73. The number of nitrogens with one attached hydrogen (secondary N) is 2. The van der Waals surface area contributed by atoms with Crippen LogP contribution in [0.15, 0.2) is 133 Å². The highest BCUT2D eigenvalue weighted by Gasteiger charge is 2.25. The van der Waals surface area contributed by atoms with Gasteiger partial charge in [-0.15, -0.1) is 12.3 Å². The number of aromatic amines is 2. The molecule has 2 aliphatic heterocycles. The van der Waals surface area contributed by atoms with E-state index in [0.29, 0.717) is 16.8 Å². The predicted octanol–water partition coefficient (Wildman–Crippen LogP) is 11.9. The molecule has 4 aromatic carbocycles. The van der Waals surface area contributed by atoms with Crippen LogP contribution in [-0.4, -0.2) is 24.9 Å². The van der Waals surface area contributed by atoms with Crippen LogP contribution in [0, 0.1) is 33.8 Å². The second kappa shape index (κ2) is 14.6. The van der Waals surface area contributed by atoms with Crippen LogP contribution in [0.1, 0.15) is 40.7 Å². The number of H-pyrrole nitrogens is 2. The van der Waals surface area contributed by atoms with Gasteiger partial charge in [-0.3, -0.25) is 10.1 Å². The highest BCUT2D eigenvalue weighted by molar-refractivity contribution is 6.00. The number of nitro benzene ring substituents is 1. The molecule has 8 heteroatoms. The Morgan fingerprint density at radius 1 is 0.579 bits per heavy atom. The predicted molar refractivity (Wildman–Crippen MR) is 229 cm³/mol. The zero-order valence-corrected chi connectivity index (χ0v) is 30.5. The minimum Gasteiger partial charge on any atom is -0.354 e. The topological polar surface area (TPSA) is 124 Å². The fourth-order valence-corrected chi connectivity index (χ4v) is 7.73. The largest absolute Gasteiger partial charge is 0.354 e. The van der Waals surface area contributed by atoms with Gasteiger partial charge in [0.15, 0.2) is 0 Å². The van der Waals surface area contributed by atoms with Crippen LogP contribution in [0.2, 0.25) is 0 Å². The second-order valence-electron chi connectivity index (χ2n) is 13.7. The molecule has 3 aromatic heterocycles. The molecule has 1 atom stereocenters. The highest BCUT2D eigenvalue weighted by atomic mass is 16.6. The van der Waals surface area contributed by atoms with Crippen molar-refractivity contribution in [1.29, 1.82) is 5.26 Å². The molecule has 57 heavy (non-hydrogen) atoms. The van der Waals surface area contributed by atoms with Crippen LogP contribution in [0.3, 0.4) is 0 Å². The van der Waals surface area contributed by atoms with Crippen molar-refractivity contribution in [1.82, 2.24) is 19.9 Å². The molecule has 0 saturated carbocycles. The lowest BCUT2D eigenvalue weighted by Gasteiger charge is -2.11. The van der Waals surface area contributed by atoms with Crippen molar-refractivity contribution >= 4 is 52.1 Å². The van der Waals surface area contributed by atoms with E-state index in [0.717, 1.165) is 72.5 Å². The van der Waals surface area contributed by atoms with Crippen LogP contribution in [0.5, 0.6) is 0 Å². The van der Waals surface area contributed by atoms with Crippen LogP contribution >= 0.6 is 0 Å². The summed E-state index contributed by atoms with van der Waals surface area (Å²) < 4.78 is 0. The quantitative estimate of drug-likeness (QED) is 0.0957. The molecule has 0 amide bonds. The third-order valence-corrected chi connectivity index (χ3v) is 10.3. The number of benzene rings is 4. The van der Waals surface area contributed by atoms with Crippen LogP contribution in [-0.2, 0) is 0 Å². The summed E-state index contributed by atoms with van der Waals surface area (Å²) >= 11 is 0. The highest BCUT2D eigenvalue weighted by Crippen LogP contribution is 2.40. The first-order valence-corrected chi connectivity index (χ1v) is 18.4. The maximum Gasteiger partial charge on any atom is 0.273 e. The monoisotopic (exact) mass is 736 g/mol. The number of hydrogen-bond donors (Lipinski definition) is 2. The molecule has 2 aliphatic rings. The summed E-state index contributed by atoms with van der Waals surface area (Å²) in [5.41, 5.74) is 13.5. The van der Waals surface area contributed by atoms with E-state index in [2.05, 4.69) is 82.6 Å². The molecule has 7 aromatic rings. The van der Waals surface area contributed by atoms with Crippen LogP contribution in [0.25, 0.3) is 90.9 Å². The standard InChI is InChI=1S/C49H32N6O2/c1-2-12-35(30-50)36-29-34(19-28-45(36)55(56)57)49-43-26-24-41(53-43)47(32-15-8-4-9-16-32)39-22-20-37(51-39)46(31-13-6-3-7-14-31)38-21-23-40(52-38)48(33-17-10-5-11-18-33)42-25-27-44(49)54-42/h1,3-11,13-29,35,51,54H,12H2. The van der Waals surface area contributed by atoms with Crippen molar-refractivity contribution in [2.75, 3.05) is 0 Å². The van der Waals surface area contributed by atoms with Gasteiger partial charge in [0.1, 0.15) is 0 Å². The number of fused-ring (bicyclic) bond motifs is 8. The number of terminal acetylenes is 1. The SMILES string of the molecule is C#CCC(C#N)c1cc(-c2c3nc(c(-c4ccccc4)c4ccc([nH]4)c(-c4ccccc4)c4nc(c(-c5ccccc5)c5ccc2[nH]5)C=C4)C=C3)ccc1[N+](=O)[O-]. The first-order valence-electron chi connectivity index (χ1n) is 18.4. The number of rotatable bonds is 7. The average Bonchev–Trinajstić information content (AvgIpc) is 4.09. The Kier molecular flexibility index (Phi) is 8.90. The van der Waals surface area contributed by atoms with Gasteiger partial charge in [-0.2, -0.15) is 5.26 Å². The Labute approximate surface area is 328 Å². The van der Waals surface area contributed by atoms with E-state index in [1.807, 2.05) is 78.9 Å². The third kappa shape index (κ3) is 6.38. The number of nitrogens with zero attached hydrogens (tertiary/aromatic N) is 4. The zero-order valence-electron chi connectivity index (χ0n) is 30.5. The van der Waals surface area contributed by atoms with Gasteiger partial charge >= 0.3 is 0 Å². The van der Waals surface area contributed by atoms with Crippen molar-refractivity contribution in [2.45, 2.75) is 12.3 Å². The van der Waals surface area contributed by atoms with Crippen molar-refractivity contribution in [2.24, 2.45) is 0 Å². The Morgan fingerprint density at radius 2 is 0.965 bits per heavy atom. The first kappa shape index (κ1) is 34.7. The normalized spacial score (nSPS) is 12.2. The smallest absolute Gasteiger partial charge is 0.273 e. The van der Waals surface area contributed by atoms with Gasteiger partial charge in [-0.05, 0) is 83.0 Å². The van der Waals surface area contributed by atoms with Gasteiger partial charge in [-0.1, -0.05) is 91.0 Å². The lowest BCUT2D eigenvalue weighted by molar-refractivity contribution is -0.385. The molecule has 2 N–H and O–H groups in total. The van der Waals surface area contributed by atoms with Crippen molar-refractivity contribution in [3.8, 4) is 62.9 Å². The van der Waals surface area contributed by atoms with E-state index in [9.17, 15) is 15.4 Å². The molecule has 5 heterocycles. The Bertz CT molecular complexity index is 3000. The van der Waals surface area contributed by atoms with Gasteiger partial charge in [0.25, 0.3) is 5.69 Å². The Morgan fingerprint density at radius 3 is 1.32 bits per heavy atom. The molecule has 0 spiro atoms. The lowest BCUT2D eigenvalue weighted by atomic mass is 9.92. The van der Waals surface area contributed by atoms with Gasteiger partial charge in [0.05, 0.1) is 39.7 Å². The number of nitriles is 1. The summed E-state index contributed by atoms with van der Waals surface area (Å²) in [7, 11) is 0. The van der Waals surface area contributed by atoms with Gasteiger partial charge in [0.2, 0.25) is 0 Å². The minimum atomic E-state index is -0.877. The van der Waals surface area contributed by atoms with E-state index in [-0.39, 0.29) is 17.7 Å². The molecular formula is C49H32N6O2. The maximum absolute atomic E-state index is 12.3. The zero-order chi connectivity index (χ0) is 38.9. The number of aromatic nitrogens is 4. The summed E-state index contributed by atoms with van der Waals surface area (Å²) in [6.45, 7) is 0. The summed E-state index contributed by atoms with van der Waals surface area (Å²) in [6.07, 6.45) is 13.7. The van der Waals surface area contributed by atoms with E-state index < -0.39 is 10.8 Å². The van der Waals surface area contributed by atoms with E-state index in [1.54, 1.807) is 12.1 Å². The molecule has 0 radical (unpaired) electrons. The molecule has 8 bridgehead atoms. The summed E-state index contributed by atoms with van der Waals surface area (Å²) in [5, 5.41) is 22.4. The number of hydrogen-bond acceptors (Lipinski definition) is 5. The fraction of sp³-hybridized carbons (Fsp3) is 0.0408. The number of nitro groups is 1. The van der Waals surface area contributed by atoms with Crippen molar-refractivity contribution < 1.29 is 4.92 Å². The molecule has 9 rings (SSSR count). The second-order valence-corrected chi connectivity index (χ2v) is 13.7. The molecule has 8 nitrogen and oxygen atoms in total. The molecule has 0 fully saturated rings. The summed E-state index contributed by atoms with van der Waals surface area (Å²) in [6, 6.07) is 45.8. The van der Waals surface area contributed by atoms with Gasteiger partial charge < -0.3 is 9.97 Å². The lowest BCUT2D eigenvalue weighted by Crippen LogP contribution is -2.02. The van der Waals surface area contributed by atoms with Gasteiger partial charge in [0, 0.05) is 62.4 Å². The molecule has 0 aliphatic carbocycles. The molecule has 0 saturated heterocycles. The first-order chi connectivity index (χ1) is 28.0. The van der Waals surface area contributed by atoms with Crippen LogP contribution in [0.4, 0.5) is 5.69 Å². The molecule has 270 valence electrons. The van der Waals surface area contributed by atoms with Crippen molar-refractivity contribution in [3.63, 3.8) is 0 Å². The Balaban J connectivity index is 1.45. The van der Waals surface area contributed by atoms with E-state index in [4.69, 9.17) is 16.4 Å². The average molecular weight is 737 g/mol. The van der Waals surface area contributed by atoms with E-state index in [1.165, 1.54) is 6.07 Å². The maximum atomic E-state index is 12.3. The third-order valence-electron chi connectivity index (χ3n) is 10.3. The molecule has 1 unspecified atom stereocenters. The Hall–Kier alpha value is -8.07.